The lowest BCUT2D eigenvalue weighted by molar-refractivity contribution is 0.586. The minimum absolute atomic E-state index is 0. The summed E-state index contributed by atoms with van der Waals surface area (Å²) in [5.41, 5.74) is 2.39. The predicted molar refractivity (Wildman–Crippen MR) is 97.6 cm³/mol. The second kappa shape index (κ2) is 9.96. The summed E-state index contributed by atoms with van der Waals surface area (Å²) in [5, 5.41) is 6.20. The molecule has 8 heteroatoms. The largest absolute Gasteiger partial charge is 0.355 e. The smallest absolute Gasteiger partial charge is 0.208 e. The molecule has 0 heterocycles. The van der Waals surface area contributed by atoms with Crippen molar-refractivity contribution in [1.29, 1.82) is 0 Å². The Morgan fingerprint density at radius 1 is 1.14 bits per heavy atom. The van der Waals surface area contributed by atoms with Crippen LogP contribution in [0.25, 0.3) is 0 Å². The van der Waals surface area contributed by atoms with Gasteiger partial charge in [-0.1, -0.05) is 29.8 Å². The first-order chi connectivity index (χ1) is 9.40. The maximum atomic E-state index is 10.9. The van der Waals surface area contributed by atoms with Crippen molar-refractivity contribution in [3.8, 4) is 0 Å². The van der Waals surface area contributed by atoms with Crippen molar-refractivity contribution in [3.63, 3.8) is 0 Å². The average Bonchev–Trinajstić information content (AvgIpc) is 2.39. The molecule has 0 amide bonds. The van der Waals surface area contributed by atoms with E-state index in [1.165, 1.54) is 5.56 Å². The molecule has 21 heavy (non-hydrogen) atoms. The van der Waals surface area contributed by atoms with Crippen LogP contribution >= 0.6 is 24.0 Å². The Bertz CT molecular complexity index is 544. The molecule has 0 aliphatic rings. The van der Waals surface area contributed by atoms with Crippen LogP contribution in [-0.4, -0.2) is 40.8 Å². The van der Waals surface area contributed by atoms with Gasteiger partial charge in [0.2, 0.25) is 10.0 Å². The van der Waals surface area contributed by atoms with Crippen LogP contribution in [0.4, 0.5) is 0 Å². The van der Waals surface area contributed by atoms with Crippen LogP contribution in [0.2, 0.25) is 0 Å². The zero-order valence-electron chi connectivity index (χ0n) is 12.5. The van der Waals surface area contributed by atoms with Gasteiger partial charge in [-0.2, -0.15) is 0 Å². The first-order valence-electron chi connectivity index (χ1n) is 6.35. The number of rotatable bonds is 6. The molecule has 0 fully saturated rings. The fourth-order valence-electron chi connectivity index (χ4n) is 1.53. The number of aliphatic imine (C=N–C) groups is 1. The summed E-state index contributed by atoms with van der Waals surface area (Å²) in [6.07, 6.45) is 1.14. The topological polar surface area (TPSA) is 82.6 Å². The quantitative estimate of drug-likeness (QED) is 0.272. The minimum Gasteiger partial charge on any atom is -0.355 e. The Kier molecular flexibility index (Phi) is 9.54. The second-order valence-corrected chi connectivity index (χ2v) is 6.34. The van der Waals surface area contributed by atoms with Gasteiger partial charge in [0.15, 0.2) is 5.96 Å². The molecule has 0 saturated carbocycles. The van der Waals surface area contributed by atoms with Crippen molar-refractivity contribution in [2.24, 2.45) is 4.99 Å². The average molecular weight is 426 g/mol. The molecule has 0 spiro atoms. The minimum atomic E-state index is -3.14. The number of aryl methyl sites for hydroxylation is 1. The highest BCUT2D eigenvalue weighted by Crippen LogP contribution is 2.02. The summed E-state index contributed by atoms with van der Waals surface area (Å²) in [5.74, 6) is 0.640. The zero-order chi connectivity index (χ0) is 15.0. The fourth-order valence-corrected chi connectivity index (χ4v) is 2.00. The van der Waals surface area contributed by atoms with Gasteiger partial charge in [0.25, 0.3) is 0 Å². The van der Waals surface area contributed by atoms with Gasteiger partial charge in [0.05, 0.1) is 6.26 Å². The monoisotopic (exact) mass is 426 g/mol. The number of guanidine groups is 1. The van der Waals surface area contributed by atoms with E-state index < -0.39 is 10.0 Å². The van der Waals surface area contributed by atoms with Crippen molar-refractivity contribution in [1.82, 2.24) is 15.4 Å². The van der Waals surface area contributed by atoms with Gasteiger partial charge in [-0.05, 0) is 12.5 Å². The molecule has 120 valence electrons. The third-order valence-electron chi connectivity index (χ3n) is 2.59. The van der Waals surface area contributed by atoms with Gasteiger partial charge >= 0.3 is 0 Å². The summed E-state index contributed by atoms with van der Waals surface area (Å²) in [4.78, 5) is 4.07. The standard InChI is InChI=1S/C13H22N4O2S.HI/c1-11-4-6-12(7-5-11)10-16-13(14-2)15-8-9-17-20(3,18)19;/h4-7,17H,8-10H2,1-3H3,(H2,14,15,16);1H. The van der Waals surface area contributed by atoms with E-state index in [1.54, 1.807) is 7.05 Å². The van der Waals surface area contributed by atoms with Gasteiger partial charge in [-0.3, -0.25) is 4.99 Å². The lowest BCUT2D eigenvalue weighted by Gasteiger charge is -2.12. The Morgan fingerprint density at radius 3 is 2.29 bits per heavy atom. The van der Waals surface area contributed by atoms with Crippen LogP contribution in [0.15, 0.2) is 29.3 Å². The molecule has 0 radical (unpaired) electrons. The molecule has 0 aliphatic carbocycles. The van der Waals surface area contributed by atoms with Crippen molar-refractivity contribution in [2.45, 2.75) is 13.5 Å². The van der Waals surface area contributed by atoms with Crippen molar-refractivity contribution in [3.05, 3.63) is 35.4 Å². The molecule has 0 aromatic heterocycles. The zero-order valence-corrected chi connectivity index (χ0v) is 15.7. The van der Waals surface area contributed by atoms with E-state index in [1.807, 2.05) is 6.92 Å². The van der Waals surface area contributed by atoms with Crippen LogP contribution in [-0.2, 0) is 16.6 Å². The number of sulfonamides is 1. The fraction of sp³-hybridized carbons (Fsp3) is 0.462. The van der Waals surface area contributed by atoms with Crippen LogP contribution in [0.3, 0.4) is 0 Å². The third-order valence-corrected chi connectivity index (χ3v) is 3.31. The van der Waals surface area contributed by atoms with Gasteiger partial charge in [0, 0.05) is 26.7 Å². The van der Waals surface area contributed by atoms with Crippen LogP contribution in [0, 0.1) is 6.92 Å². The van der Waals surface area contributed by atoms with E-state index in [-0.39, 0.29) is 24.0 Å². The van der Waals surface area contributed by atoms with E-state index in [0.717, 1.165) is 11.8 Å². The number of halogens is 1. The van der Waals surface area contributed by atoms with Crippen molar-refractivity contribution >= 4 is 40.0 Å². The van der Waals surface area contributed by atoms with Gasteiger partial charge in [-0.25, -0.2) is 13.1 Å². The predicted octanol–water partition coefficient (Wildman–Crippen LogP) is 0.827. The Hall–Kier alpha value is -0.870. The number of benzene rings is 1. The number of hydrogen-bond donors (Lipinski definition) is 3. The summed E-state index contributed by atoms with van der Waals surface area (Å²) in [6, 6.07) is 8.23. The van der Waals surface area contributed by atoms with E-state index in [2.05, 4.69) is 44.6 Å². The van der Waals surface area contributed by atoms with Crippen LogP contribution < -0.4 is 15.4 Å². The highest BCUT2D eigenvalue weighted by atomic mass is 127. The molecule has 1 aromatic rings. The first-order valence-corrected chi connectivity index (χ1v) is 8.24. The maximum absolute atomic E-state index is 10.9. The number of nitrogens with zero attached hydrogens (tertiary/aromatic N) is 1. The van der Waals surface area contributed by atoms with Gasteiger partial charge in [-0.15, -0.1) is 24.0 Å². The highest BCUT2D eigenvalue weighted by molar-refractivity contribution is 14.0. The molecular weight excluding hydrogens is 403 g/mol. The molecule has 3 N–H and O–H groups in total. The summed E-state index contributed by atoms with van der Waals surface area (Å²) in [6.45, 7) is 3.51. The molecule has 1 aromatic carbocycles. The Morgan fingerprint density at radius 2 is 1.76 bits per heavy atom. The van der Waals surface area contributed by atoms with Crippen LogP contribution in [0.1, 0.15) is 11.1 Å². The molecule has 0 bridgehead atoms. The normalized spacial score (nSPS) is 11.7. The number of hydrogen-bond acceptors (Lipinski definition) is 3. The van der Waals surface area contributed by atoms with E-state index in [0.29, 0.717) is 25.6 Å². The van der Waals surface area contributed by atoms with Crippen LogP contribution in [0.5, 0.6) is 0 Å². The van der Waals surface area contributed by atoms with Gasteiger partial charge in [0.1, 0.15) is 0 Å². The van der Waals surface area contributed by atoms with Gasteiger partial charge < -0.3 is 10.6 Å². The lowest BCUT2D eigenvalue weighted by Crippen LogP contribution is -2.41. The maximum Gasteiger partial charge on any atom is 0.208 e. The molecule has 0 saturated heterocycles. The Balaban J connectivity index is 0.00000400. The third kappa shape index (κ3) is 9.64. The van der Waals surface area contributed by atoms with E-state index >= 15 is 0 Å². The molecule has 1 rings (SSSR count). The van der Waals surface area contributed by atoms with E-state index in [4.69, 9.17) is 0 Å². The molecule has 0 unspecified atom stereocenters. The Labute approximate surface area is 143 Å². The molecular formula is C13H23IN4O2S. The van der Waals surface area contributed by atoms with E-state index in [9.17, 15) is 8.42 Å². The van der Waals surface area contributed by atoms with Crippen molar-refractivity contribution in [2.75, 3.05) is 26.4 Å². The van der Waals surface area contributed by atoms with Crippen molar-refractivity contribution < 1.29 is 8.42 Å². The summed E-state index contributed by atoms with van der Waals surface area (Å²) >= 11 is 0. The molecule has 0 atom stereocenters. The first kappa shape index (κ1) is 20.1. The highest BCUT2D eigenvalue weighted by Gasteiger charge is 2.01. The molecule has 0 aliphatic heterocycles. The lowest BCUT2D eigenvalue weighted by atomic mass is 10.1. The SMILES string of the molecule is CN=C(NCCNS(C)(=O)=O)NCc1ccc(C)cc1.I. The molecule has 6 nitrogen and oxygen atoms in total. The summed E-state index contributed by atoms with van der Waals surface area (Å²) in [7, 11) is -1.46. The second-order valence-electron chi connectivity index (χ2n) is 4.50. The summed E-state index contributed by atoms with van der Waals surface area (Å²) < 4.78 is 24.2. The number of nitrogens with one attached hydrogen (secondary N) is 3.